The Hall–Kier alpha value is -2.78. The van der Waals surface area contributed by atoms with E-state index >= 15 is 0 Å². The molecule has 3 aromatic carbocycles. The van der Waals surface area contributed by atoms with E-state index in [1.54, 1.807) is 0 Å². The van der Waals surface area contributed by atoms with Crippen molar-refractivity contribution in [2.75, 3.05) is 6.61 Å². The van der Waals surface area contributed by atoms with Gasteiger partial charge in [0.15, 0.2) is 6.29 Å². The molecule has 5 rings (SSSR count). The fourth-order valence-electron chi connectivity index (χ4n) is 4.90. The Morgan fingerprint density at radius 1 is 0.765 bits per heavy atom. The number of hydrogen-bond acceptors (Lipinski definition) is 2. The van der Waals surface area contributed by atoms with Crippen LogP contribution < -0.4 is 4.74 Å². The first-order valence-corrected chi connectivity index (χ1v) is 12.6. The van der Waals surface area contributed by atoms with Crippen LogP contribution in [0.15, 0.2) is 60.7 Å². The second-order valence-electron chi connectivity index (χ2n) is 11.7. The molecule has 3 nitrogen and oxygen atoms in total. The van der Waals surface area contributed by atoms with E-state index in [9.17, 15) is 0 Å². The summed E-state index contributed by atoms with van der Waals surface area (Å²) in [5.41, 5.74) is 6.33. The largest absolute Gasteiger partial charge is 0.463 e. The zero-order valence-corrected chi connectivity index (χ0v) is 21.4. The van der Waals surface area contributed by atoms with Gasteiger partial charge in [-0.1, -0.05) is 65.8 Å². The van der Waals surface area contributed by atoms with Gasteiger partial charge in [-0.25, -0.2) is 0 Å². The lowest BCUT2D eigenvalue weighted by Crippen LogP contribution is -2.25. The first kappa shape index (κ1) is 23.0. The van der Waals surface area contributed by atoms with Crippen molar-refractivity contribution in [3.8, 4) is 11.4 Å². The molecule has 1 aliphatic heterocycles. The smallest absolute Gasteiger partial charge is 0.199 e. The van der Waals surface area contributed by atoms with E-state index in [1.165, 1.54) is 32.9 Å². The van der Waals surface area contributed by atoms with Crippen molar-refractivity contribution in [2.24, 2.45) is 0 Å². The summed E-state index contributed by atoms with van der Waals surface area (Å²) in [4.78, 5) is 0. The lowest BCUT2D eigenvalue weighted by atomic mass is 9.85. The third-order valence-electron chi connectivity index (χ3n) is 7.00. The number of ether oxygens (including phenoxy) is 2. The number of aromatic nitrogens is 1. The Labute approximate surface area is 203 Å². The molecule has 2 heterocycles. The van der Waals surface area contributed by atoms with Crippen molar-refractivity contribution < 1.29 is 9.47 Å². The summed E-state index contributed by atoms with van der Waals surface area (Å²) in [6, 6.07) is 22.2. The highest BCUT2D eigenvalue weighted by atomic mass is 16.7. The molecule has 0 amide bonds. The summed E-state index contributed by atoms with van der Waals surface area (Å²) in [6.45, 7) is 14.4. The second-order valence-corrected chi connectivity index (χ2v) is 11.7. The molecule has 1 saturated heterocycles. The van der Waals surface area contributed by atoms with Gasteiger partial charge < -0.3 is 14.0 Å². The Bertz CT molecular complexity index is 1260. The van der Waals surface area contributed by atoms with E-state index in [4.69, 9.17) is 9.47 Å². The molecule has 3 heteroatoms. The van der Waals surface area contributed by atoms with Crippen LogP contribution in [-0.2, 0) is 15.6 Å². The van der Waals surface area contributed by atoms with Crippen molar-refractivity contribution in [1.29, 1.82) is 0 Å². The number of fused-ring (bicyclic) bond motifs is 3. The molecule has 1 atom stereocenters. The molecule has 1 aliphatic rings. The Morgan fingerprint density at radius 2 is 1.35 bits per heavy atom. The van der Waals surface area contributed by atoms with Crippen LogP contribution in [0, 0.1) is 0 Å². The predicted molar refractivity (Wildman–Crippen MR) is 142 cm³/mol. The van der Waals surface area contributed by atoms with E-state index in [0.717, 1.165) is 37.3 Å². The molecule has 1 fully saturated rings. The maximum absolute atomic E-state index is 6.42. The van der Waals surface area contributed by atoms with Gasteiger partial charge in [-0.2, -0.15) is 0 Å². The number of nitrogens with zero attached hydrogens (tertiary/aromatic N) is 1. The minimum Gasteiger partial charge on any atom is -0.463 e. The van der Waals surface area contributed by atoms with Crippen LogP contribution in [0.1, 0.15) is 71.9 Å². The third kappa shape index (κ3) is 4.22. The molecule has 0 bridgehead atoms. The van der Waals surface area contributed by atoms with Gasteiger partial charge >= 0.3 is 0 Å². The van der Waals surface area contributed by atoms with Crippen LogP contribution in [0.2, 0.25) is 0 Å². The minimum absolute atomic E-state index is 0.0869. The fourth-order valence-corrected chi connectivity index (χ4v) is 4.90. The van der Waals surface area contributed by atoms with E-state index in [2.05, 4.69) is 101 Å². The van der Waals surface area contributed by atoms with Crippen LogP contribution in [-0.4, -0.2) is 17.5 Å². The van der Waals surface area contributed by atoms with Gasteiger partial charge in [-0.15, -0.1) is 0 Å². The molecular formula is C31H37NO2. The summed E-state index contributed by atoms with van der Waals surface area (Å²) in [6.07, 6.45) is 3.02. The average molecular weight is 456 g/mol. The monoisotopic (exact) mass is 455 g/mol. The Kier molecular flexibility index (Phi) is 5.72. The number of benzene rings is 3. The van der Waals surface area contributed by atoms with E-state index in [0.29, 0.717) is 0 Å². The number of hydrogen-bond donors (Lipinski definition) is 0. The molecule has 0 saturated carbocycles. The van der Waals surface area contributed by atoms with Crippen molar-refractivity contribution in [2.45, 2.75) is 77.9 Å². The first-order valence-electron chi connectivity index (χ1n) is 12.6. The summed E-state index contributed by atoms with van der Waals surface area (Å²) in [7, 11) is 0. The van der Waals surface area contributed by atoms with Gasteiger partial charge in [0.2, 0.25) is 0 Å². The molecule has 0 N–H and O–H groups in total. The van der Waals surface area contributed by atoms with Gasteiger partial charge in [0.05, 0.1) is 23.3 Å². The van der Waals surface area contributed by atoms with E-state index in [-0.39, 0.29) is 17.1 Å². The summed E-state index contributed by atoms with van der Waals surface area (Å²) < 4.78 is 14.7. The molecule has 4 aromatic rings. The van der Waals surface area contributed by atoms with E-state index in [1.807, 2.05) is 6.07 Å². The van der Waals surface area contributed by atoms with Gasteiger partial charge in [0, 0.05) is 17.2 Å². The summed E-state index contributed by atoms with van der Waals surface area (Å²) >= 11 is 0. The van der Waals surface area contributed by atoms with Gasteiger partial charge in [0.25, 0.3) is 0 Å². The highest BCUT2D eigenvalue weighted by Gasteiger charge is 2.23. The van der Waals surface area contributed by atoms with Crippen molar-refractivity contribution in [3.63, 3.8) is 0 Å². The van der Waals surface area contributed by atoms with Gasteiger partial charge in [0.1, 0.15) is 5.75 Å². The standard InChI is InChI=1S/C31H37NO2/c1-30(2,3)21-14-16-25-23(19-21)24-20-22(31(4,5)6)15-17-26(24)32(25)27-11-7-8-12-28(27)34-29-13-9-10-18-33-29/h7-8,11-12,14-17,19-20,29H,9-10,13,18H2,1-6H3. The van der Waals surface area contributed by atoms with Crippen LogP contribution >= 0.6 is 0 Å². The molecule has 34 heavy (non-hydrogen) atoms. The molecule has 178 valence electrons. The first-order chi connectivity index (χ1) is 16.1. The number of para-hydroxylation sites is 2. The fraction of sp³-hybridized carbons (Fsp3) is 0.419. The van der Waals surface area contributed by atoms with E-state index < -0.39 is 0 Å². The maximum Gasteiger partial charge on any atom is 0.199 e. The molecule has 1 aromatic heterocycles. The van der Waals surface area contributed by atoms with Crippen LogP contribution in [0.4, 0.5) is 0 Å². The molecular weight excluding hydrogens is 418 g/mol. The quantitative estimate of drug-likeness (QED) is 0.310. The van der Waals surface area contributed by atoms with Gasteiger partial charge in [-0.05, 0) is 71.2 Å². The molecule has 0 aliphatic carbocycles. The van der Waals surface area contributed by atoms with Crippen LogP contribution in [0.25, 0.3) is 27.5 Å². The van der Waals surface area contributed by atoms with Crippen LogP contribution in [0.3, 0.4) is 0 Å². The summed E-state index contributed by atoms with van der Waals surface area (Å²) in [5, 5.41) is 2.58. The second kappa shape index (κ2) is 8.46. The van der Waals surface area contributed by atoms with Crippen LogP contribution in [0.5, 0.6) is 5.75 Å². The highest BCUT2D eigenvalue weighted by molar-refractivity contribution is 6.10. The SMILES string of the molecule is CC(C)(C)c1ccc2c(c1)c1cc(C(C)(C)C)ccc1n2-c1ccccc1OC1CCCCO1. The molecule has 1 unspecified atom stereocenters. The lowest BCUT2D eigenvalue weighted by Gasteiger charge is -2.25. The lowest BCUT2D eigenvalue weighted by molar-refractivity contribution is -0.105. The summed E-state index contributed by atoms with van der Waals surface area (Å²) in [5.74, 6) is 0.869. The van der Waals surface area contributed by atoms with Gasteiger partial charge in [-0.3, -0.25) is 0 Å². The highest BCUT2D eigenvalue weighted by Crippen LogP contribution is 2.39. The number of rotatable bonds is 3. The maximum atomic E-state index is 6.42. The Balaban J connectivity index is 1.76. The van der Waals surface area contributed by atoms with Crippen molar-refractivity contribution in [3.05, 3.63) is 71.8 Å². The molecule has 0 spiro atoms. The van der Waals surface area contributed by atoms with Crippen molar-refractivity contribution >= 4 is 21.8 Å². The Morgan fingerprint density at radius 3 is 1.88 bits per heavy atom. The minimum atomic E-state index is -0.178. The predicted octanol–water partition coefficient (Wildman–Crippen LogP) is 8.28. The van der Waals surface area contributed by atoms with Crippen molar-refractivity contribution in [1.82, 2.24) is 4.57 Å². The third-order valence-corrected chi connectivity index (χ3v) is 7.00. The zero-order chi connectivity index (χ0) is 24.1. The topological polar surface area (TPSA) is 23.4 Å². The normalized spacial score (nSPS) is 17.4. The average Bonchev–Trinajstić information content (AvgIpc) is 3.12. The zero-order valence-electron chi connectivity index (χ0n) is 21.4. The molecule has 0 radical (unpaired) electrons.